The number of imidazole rings is 1. The van der Waals surface area contributed by atoms with Crippen LogP contribution < -0.4 is 4.74 Å². The highest BCUT2D eigenvalue weighted by Crippen LogP contribution is 2.25. The molecule has 1 unspecified atom stereocenters. The number of aliphatic hydroxyl groups excluding tert-OH is 1. The van der Waals surface area contributed by atoms with Gasteiger partial charge in [-0.2, -0.15) is 0 Å². The zero-order valence-corrected chi connectivity index (χ0v) is 15.6. The molecule has 0 aliphatic rings. The first-order valence-corrected chi connectivity index (χ1v) is 8.73. The number of hydrogen-bond acceptors (Lipinski definition) is 3. The lowest BCUT2D eigenvalue weighted by atomic mass is 10.1. The summed E-state index contributed by atoms with van der Waals surface area (Å²) in [5.41, 5.74) is 6.79. The number of hydrogen-bond donors (Lipinski definition) is 1. The number of aryl methyl sites for hydroxylation is 3. The largest absolute Gasteiger partial charge is 0.491 e. The molecule has 0 saturated heterocycles. The van der Waals surface area contributed by atoms with Crippen molar-refractivity contribution in [1.29, 1.82) is 0 Å². The van der Waals surface area contributed by atoms with Crippen LogP contribution in [0.4, 0.5) is 0 Å². The topological polar surface area (TPSA) is 47.3 Å². The highest BCUT2D eigenvalue weighted by molar-refractivity contribution is 5.78. The summed E-state index contributed by atoms with van der Waals surface area (Å²) in [5.74, 6) is 1.60. The fourth-order valence-corrected chi connectivity index (χ4v) is 3.08. The average Bonchev–Trinajstić information content (AvgIpc) is 2.90. The van der Waals surface area contributed by atoms with Crippen molar-refractivity contribution in [3.63, 3.8) is 0 Å². The van der Waals surface area contributed by atoms with Crippen LogP contribution in [-0.2, 0) is 6.54 Å². The Hall–Kier alpha value is -2.33. The first-order valence-electron chi connectivity index (χ1n) is 8.73. The lowest BCUT2D eigenvalue weighted by molar-refractivity contribution is 0.181. The summed E-state index contributed by atoms with van der Waals surface area (Å²) in [6, 6.07) is 10.3. The third kappa shape index (κ3) is 3.40. The minimum absolute atomic E-state index is 0.530. The van der Waals surface area contributed by atoms with Crippen LogP contribution in [0.3, 0.4) is 0 Å². The minimum Gasteiger partial charge on any atom is -0.491 e. The Morgan fingerprint density at radius 3 is 2.52 bits per heavy atom. The van der Waals surface area contributed by atoms with Gasteiger partial charge in [-0.15, -0.1) is 0 Å². The number of rotatable bonds is 5. The molecule has 2 aromatic carbocycles. The summed E-state index contributed by atoms with van der Waals surface area (Å²) in [6.45, 7) is 11.3. The molecule has 3 rings (SSSR count). The van der Waals surface area contributed by atoms with E-state index < -0.39 is 6.10 Å². The van der Waals surface area contributed by atoms with E-state index in [1.165, 1.54) is 22.3 Å². The molecule has 4 heteroatoms. The van der Waals surface area contributed by atoms with E-state index in [-0.39, 0.29) is 0 Å². The number of aliphatic hydroxyl groups is 1. The van der Waals surface area contributed by atoms with E-state index in [0.29, 0.717) is 19.0 Å². The van der Waals surface area contributed by atoms with Crippen molar-refractivity contribution in [3.8, 4) is 5.75 Å². The summed E-state index contributed by atoms with van der Waals surface area (Å²) >= 11 is 0. The highest BCUT2D eigenvalue weighted by atomic mass is 16.5. The van der Waals surface area contributed by atoms with Crippen molar-refractivity contribution in [1.82, 2.24) is 9.55 Å². The number of ether oxygens (including phenoxy) is 1. The van der Waals surface area contributed by atoms with Crippen LogP contribution in [0.15, 0.2) is 30.3 Å². The van der Waals surface area contributed by atoms with Crippen molar-refractivity contribution >= 4 is 11.0 Å². The van der Waals surface area contributed by atoms with Crippen LogP contribution in [0.5, 0.6) is 5.75 Å². The first-order chi connectivity index (χ1) is 11.9. The maximum absolute atomic E-state index is 10.1. The number of aromatic nitrogens is 2. The third-order valence-electron chi connectivity index (χ3n) is 4.89. The molecular weight excluding hydrogens is 312 g/mol. The van der Waals surface area contributed by atoms with Gasteiger partial charge in [-0.25, -0.2) is 4.98 Å². The van der Waals surface area contributed by atoms with Crippen LogP contribution in [-0.4, -0.2) is 21.3 Å². The summed E-state index contributed by atoms with van der Waals surface area (Å²) in [5, 5.41) is 10.1. The van der Waals surface area contributed by atoms with E-state index in [9.17, 15) is 5.11 Å². The zero-order chi connectivity index (χ0) is 18.1. The first kappa shape index (κ1) is 17.5. The van der Waals surface area contributed by atoms with Gasteiger partial charge < -0.3 is 14.4 Å². The smallest absolute Gasteiger partial charge is 0.138 e. The fourth-order valence-electron chi connectivity index (χ4n) is 3.08. The van der Waals surface area contributed by atoms with Crippen molar-refractivity contribution in [3.05, 3.63) is 58.4 Å². The maximum Gasteiger partial charge on any atom is 0.138 e. The molecule has 25 heavy (non-hydrogen) atoms. The van der Waals surface area contributed by atoms with Gasteiger partial charge in [0.25, 0.3) is 0 Å². The van der Waals surface area contributed by atoms with Gasteiger partial charge in [0.05, 0.1) is 17.6 Å². The molecule has 0 spiro atoms. The molecule has 1 aromatic heterocycles. The number of benzene rings is 2. The van der Waals surface area contributed by atoms with E-state index in [0.717, 1.165) is 16.8 Å². The minimum atomic E-state index is -0.617. The Morgan fingerprint density at radius 2 is 1.80 bits per heavy atom. The summed E-state index contributed by atoms with van der Waals surface area (Å²) in [6.07, 6.45) is -0.617. The quantitative estimate of drug-likeness (QED) is 0.750. The van der Waals surface area contributed by atoms with Crippen LogP contribution in [0.1, 0.15) is 41.1 Å². The number of nitrogens with zero attached hydrogens (tertiary/aromatic N) is 2. The van der Waals surface area contributed by atoms with Gasteiger partial charge in [0.15, 0.2) is 0 Å². The van der Waals surface area contributed by atoms with Crippen LogP contribution in [0.2, 0.25) is 0 Å². The zero-order valence-electron chi connectivity index (χ0n) is 15.6. The van der Waals surface area contributed by atoms with Gasteiger partial charge in [0.2, 0.25) is 0 Å². The van der Waals surface area contributed by atoms with Gasteiger partial charge in [-0.05, 0) is 75.1 Å². The normalized spacial score (nSPS) is 12.6. The lowest BCUT2D eigenvalue weighted by Gasteiger charge is -2.14. The van der Waals surface area contributed by atoms with E-state index in [1.54, 1.807) is 6.92 Å². The SMILES string of the molecule is Cc1cc2nc(C(C)O)n(CCOc3cccc(C)c3C)c2cc1C. The van der Waals surface area contributed by atoms with E-state index in [1.807, 2.05) is 12.1 Å². The molecule has 3 aromatic rings. The van der Waals surface area contributed by atoms with E-state index in [2.05, 4.69) is 55.4 Å². The lowest BCUT2D eigenvalue weighted by Crippen LogP contribution is -2.13. The molecular formula is C21H26N2O2. The van der Waals surface area contributed by atoms with Crippen molar-refractivity contribution in [2.45, 2.75) is 47.3 Å². The Kier molecular flexibility index (Phi) is 4.82. The monoisotopic (exact) mass is 338 g/mol. The van der Waals surface area contributed by atoms with Crippen molar-refractivity contribution in [2.24, 2.45) is 0 Å². The summed E-state index contributed by atoms with van der Waals surface area (Å²) < 4.78 is 8.07. The second-order valence-corrected chi connectivity index (χ2v) is 6.77. The van der Waals surface area contributed by atoms with E-state index >= 15 is 0 Å². The molecule has 0 saturated carbocycles. The molecule has 1 heterocycles. The predicted molar refractivity (Wildman–Crippen MR) is 101 cm³/mol. The molecule has 0 radical (unpaired) electrons. The molecule has 0 aliphatic carbocycles. The second-order valence-electron chi connectivity index (χ2n) is 6.77. The Morgan fingerprint density at radius 1 is 1.08 bits per heavy atom. The standard InChI is InChI=1S/C21H26N2O2/c1-13-7-6-8-20(16(13)4)25-10-9-23-19-12-15(3)14(2)11-18(19)22-21(23)17(5)24/h6-8,11-12,17,24H,9-10H2,1-5H3. The van der Waals surface area contributed by atoms with Crippen LogP contribution >= 0.6 is 0 Å². The third-order valence-corrected chi connectivity index (χ3v) is 4.89. The molecule has 0 amide bonds. The summed E-state index contributed by atoms with van der Waals surface area (Å²) in [4.78, 5) is 4.63. The van der Waals surface area contributed by atoms with Gasteiger partial charge >= 0.3 is 0 Å². The van der Waals surface area contributed by atoms with Gasteiger partial charge in [-0.1, -0.05) is 12.1 Å². The molecule has 132 valence electrons. The molecule has 1 atom stereocenters. The van der Waals surface area contributed by atoms with Crippen molar-refractivity contribution in [2.75, 3.05) is 6.61 Å². The highest BCUT2D eigenvalue weighted by Gasteiger charge is 2.16. The average molecular weight is 338 g/mol. The van der Waals surface area contributed by atoms with Gasteiger partial charge in [-0.3, -0.25) is 0 Å². The predicted octanol–water partition coefficient (Wildman–Crippen LogP) is 4.40. The molecule has 0 fully saturated rings. The molecule has 0 bridgehead atoms. The van der Waals surface area contributed by atoms with Gasteiger partial charge in [0.1, 0.15) is 24.3 Å². The number of fused-ring (bicyclic) bond motifs is 1. The van der Waals surface area contributed by atoms with Crippen molar-refractivity contribution < 1.29 is 9.84 Å². The van der Waals surface area contributed by atoms with Crippen LogP contribution in [0.25, 0.3) is 11.0 Å². The Labute approximate surface area is 149 Å². The van der Waals surface area contributed by atoms with Gasteiger partial charge in [0, 0.05) is 0 Å². The van der Waals surface area contributed by atoms with E-state index in [4.69, 9.17) is 4.74 Å². The second kappa shape index (κ2) is 6.89. The fraction of sp³-hybridized carbons (Fsp3) is 0.381. The summed E-state index contributed by atoms with van der Waals surface area (Å²) in [7, 11) is 0. The maximum atomic E-state index is 10.1. The molecule has 1 N–H and O–H groups in total. The Bertz CT molecular complexity index is 910. The Balaban J connectivity index is 1.88. The molecule has 4 nitrogen and oxygen atoms in total. The van der Waals surface area contributed by atoms with Crippen LogP contribution in [0, 0.1) is 27.7 Å². The molecule has 0 aliphatic heterocycles.